The van der Waals surface area contributed by atoms with E-state index in [4.69, 9.17) is 4.74 Å². The molecule has 15 heavy (non-hydrogen) atoms. The van der Waals surface area contributed by atoms with E-state index < -0.39 is 0 Å². The zero-order valence-corrected chi connectivity index (χ0v) is 9.74. The molecule has 1 aromatic carbocycles. The van der Waals surface area contributed by atoms with Crippen LogP contribution in [0.3, 0.4) is 0 Å². The highest BCUT2D eigenvalue weighted by Crippen LogP contribution is 2.20. The van der Waals surface area contributed by atoms with Gasteiger partial charge in [0.25, 0.3) is 0 Å². The molecule has 2 rings (SSSR count). The Kier molecular flexibility index (Phi) is 4.10. The van der Waals surface area contributed by atoms with Gasteiger partial charge in [-0.2, -0.15) is 0 Å². The van der Waals surface area contributed by atoms with Crippen LogP contribution in [0.5, 0.6) is 5.75 Å². The molecule has 80 valence electrons. The quantitative estimate of drug-likeness (QED) is 0.706. The maximum atomic E-state index is 5.14. The molecule has 2 heteroatoms. The molecule has 0 unspecified atom stereocenters. The van der Waals surface area contributed by atoms with Gasteiger partial charge in [-0.25, -0.2) is 0 Å². The number of benzene rings is 1. The van der Waals surface area contributed by atoms with Crippen molar-refractivity contribution in [1.29, 1.82) is 0 Å². The summed E-state index contributed by atoms with van der Waals surface area (Å²) in [6, 6.07) is 8.03. The van der Waals surface area contributed by atoms with Crippen molar-refractivity contribution in [2.75, 3.05) is 7.11 Å². The van der Waals surface area contributed by atoms with Crippen LogP contribution >= 0.6 is 0 Å². The van der Waals surface area contributed by atoms with Crippen molar-refractivity contribution in [2.24, 2.45) is 0 Å². The molecule has 2 aromatic rings. The molecular formula is C13H17NO. The van der Waals surface area contributed by atoms with Crippen molar-refractivity contribution >= 4 is 10.8 Å². The van der Waals surface area contributed by atoms with Crippen LogP contribution in [0.1, 0.15) is 19.5 Å². The van der Waals surface area contributed by atoms with Gasteiger partial charge in [0.15, 0.2) is 0 Å². The predicted octanol–water partition coefficient (Wildman–Crippen LogP) is 3.58. The van der Waals surface area contributed by atoms with Crippen LogP contribution in [0.25, 0.3) is 10.8 Å². The molecule has 0 atom stereocenters. The predicted molar refractivity (Wildman–Crippen MR) is 64.4 cm³/mol. The molecule has 0 fully saturated rings. The first-order valence-corrected chi connectivity index (χ1v) is 5.20. The van der Waals surface area contributed by atoms with E-state index >= 15 is 0 Å². The SMILES string of the molecule is CC.COc1ccc2cnc(C)cc2c1. The number of fused-ring (bicyclic) bond motifs is 1. The van der Waals surface area contributed by atoms with Crippen LogP contribution < -0.4 is 4.74 Å². The molecule has 0 radical (unpaired) electrons. The van der Waals surface area contributed by atoms with E-state index in [1.165, 1.54) is 5.39 Å². The molecule has 1 aromatic heterocycles. The molecule has 1 heterocycles. The summed E-state index contributed by atoms with van der Waals surface area (Å²) >= 11 is 0. The summed E-state index contributed by atoms with van der Waals surface area (Å²) in [5.74, 6) is 0.887. The Balaban J connectivity index is 0.000000531. The number of aromatic nitrogens is 1. The van der Waals surface area contributed by atoms with Crippen molar-refractivity contribution in [2.45, 2.75) is 20.8 Å². The Morgan fingerprint density at radius 3 is 2.47 bits per heavy atom. The van der Waals surface area contributed by atoms with Gasteiger partial charge in [0.2, 0.25) is 0 Å². The Morgan fingerprint density at radius 1 is 1.07 bits per heavy atom. The van der Waals surface area contributed by atoms with Crippen molar-refractivity contribution in [3.63, 3.8) is 0 Å². The molecule has 0 amide bonds. The number of hydrogen-bond acceptors (Lipinski definition) is 2. The minimum atomic E-state index is 0.887. The minimum absolute atomic E-state index is 0.887. The van der Waals surface area contributed by atoms with Gasteiger partial charge in [0, 0.05) is 17.3 Å². The zero-order chi connectivity index (χ0) is 11.3. The average Bonchev–Trinajstić information content (AvgIpc) is 2.30. The van der Waals surface area contributed by atoms with Crippen molar-refractivity contribution in [1.82, 2.24) is 4.98 Å². The normalized spacial score (nSPS) is 9.33. The summed E-state index contributed by atoms with van der Waals surface area (Å²) in [6.07, 6.45) is 1.88. The lowest BCUT2D eigenvalue weighted by molar-refractivity contribution is 0.415. The standard InChI is InChI=1S/C11H11NO.C2H6/c1-8-5-10-6-11(13-2)4-3-9(10)7-12-8;1-2/h3-7H,1-2H3;1-2H3. The van der Waals surface area contributed by atoms with E-state index in [1.54, 1.807) is 7.11 Å². The van der Waals surface area contributed by atoms with Gasteiger partial charge in [-0.05, 0) is 36.6 Å². The summed E-state index contributed by atoms with van der Waals surface area (Å²) in [5, 5.41) is 2.32. The monoisotopic (exact) mass is 203 g/mol. The second-order valence-corrected chi connectivity index (χ2v) is 3.04. The van der Waals surface area contributed by atoms with Crippen molar-refractivity contribution in [3.05, 3.63) is 36.2 Å². The highest BCUT2D eigenvalue weighted by molar-refractivity contribution is 5.83. The lowest BCUT2D eigenvalue weighted by atomic mass is 10.1. The fraction of sp³-hybridized carbons (Fsp3) is 0.308. The smallest absolute Gasteiger partial charge is 0.119 e. The van der Waals surface area contributed by atoms with Crippen LogP contribution in [-0.4, -0.2) is 12.1 Å². The van der Waals surface area contributed by atoms with Crippen LogP contribution in [-0.2, 0) is 0 Å². The molecule has 0 N–H and O–H groups in total. The van der Waals surface area contributed by atoms with Crippen molar-refractivity contribution in [3.8, 4) is 5.75 Å². The maximum Gasteiger partial charge on any atom is 0.119 e. The summed E-state index contributed by atoms with van der Waals surface area (Å²) in [7, 11) is 1.68. The van der Waals surface area contributed by atoms with Crippen LogP contribution in [0, 0.1) is 6.92 Å². The second-order valence-electron chi connectivity index (χ2n) is 3.04. The third-order valence-electron chi connectivity index (χ3n) is 2.07. The maximum absolute atomic E-state index is 5.14. The first-order valence-electron chi connectivity index (χ1n) is 5.20. The largest absolute Gasteiger partial charge is 0.497 e. The van der Waals surface area contributed by atoms with Crippen molar-refractivity contribution < 1.29 is 4.74 Å². The number of rotatable bonds is 1. The minimum Gasteiger partial charge on any atom is -0.497 e. The molecule has 0 saturated carbocycles. The summed E-state index contributed by atoms with van der Waals surface area (Å²) in [6.45, 7) is 5.99. The molecule has 0 bridgehead atoms. The molecule has 0 aliphatic carbocycles. The van der Waals surface area contributed by atoms with E-state index in [0.29, 0.717) is 0 Å². The average molecular weight is 203 g/mol. The molecular weight excluding hydrogens is 186 g/mol. The third-order valence-corrected chi connectivity index (χ3v) is 2.07. The molecule has 2 nitrogen and oxygen atoms in total. The fourth-order valence-corrected chi connectivity index (χ4v) is 1.36. The van der Waals surface area contributed by atoms with Gasteiger partial charge < -0.3 is 4.74 Å². The Morgan fingerprint density at radius 2 is 1.80 bits per heavy atom. The first-order chi connectivity index (χ1) is 7.29. The van der Waals surface area contributed by atoms with E-state index in [2.05, 4.69) is 11.1 Å². The number of methoxy groups -OCH3 is 1. The van der Waals surface area contributed by atoms with Crippen LogP contribution in [0.2, 0.25) is 0 Å². The summed E-state index contributed by atoms with van der Waals surface area (Å²) < 4.78 is 5.14. The van der Waals surface area contributed by atoms with Gasteiger partial charge in [-0.3, -0.25) is 4.98 Å². The topological polar surface area (TPSA) is 22.1 Å². The number of nitrogens with zero attached hydrogens (tertiary/aromatic N) is 1. The highest BCUT2D eigenvalue weighted by atomic mass is 16.5. The molecule has 0 spiro atoms. The van der Waals surface area contributed by atoms with Gasteiger partial charge in [0.1, 0.15) is 5.75 Å². The molecule has 0 aliphatic heterocycles. The molecule has 0 aliphatic rings. The highest BCUT2D eigenvalue weighted by Gasteiger charge is 1.96. The first kappa shape index (κ1) is 11.5. The Labute approximate surface area is 90.9 Å². The van der Waals surface area contributed by atoms with Crippen LogP contribution in [0.15, 0.2) is 30.5 Å². The molecule has 0 saturated heterocycles. The summed E-state index contributed by atoms with van der Waals surface area (Å²) in [5.41, 5.74) is 1.03. The van der Waals surface area contributed by atoms with E-state index in [0.717, 1.165) is 16.8 Å². The number of aryl methyl sites for hydroxylation is 1. The fourth-order valence-electron chi connectivity index (χ4n) is 1.36. The van der Waals surface area contributed by atoms with Gasteiger partial charge in [-0.1, -0.05) is 13.8 Å². The van der Waals surface area contributed by atoms with Gasteiger partial charge in [-0.15, -0.1) is 0 Å². The van der Waals surface area contributed by atoms with Crippen LogP contribution in [0.4, 0.5) is 0 Å². The third kappa shape index (κ3) is 2.69. The van der Waals surface area contributed by atoms with E-state index in [9.17, 15) is 0 Å². The Hall–Kier alpha value is -1.57. The summed E-state index contributed by atoms with van der Waals surface area (Å²) in [4.78, 5) is 4.22. The second kappa shape index (κ2) is 5.35. The Bertz CT molecular complexity index is 437. The lowest BCUT2D eigenvalue weighted by Crippen LogP contribution is -1.84. The number of hydrogen-bond donors (Lipinski definition) is 0. The van der Waals surface area contributed by atoms with Gasteiger partial charge in [0.05, 0.1) is 7.11 Å². The van der Waals surface area contributed by atoms with Gasteiger partial charge >= 0.3 is 0 Å². The number of ether oxygens (including phenoxy) is 1. The lowest BCUT2D eigenvalue weighted by Gasteiger charge is -2.02. The van der Waals surface area contributed by atoms with E-state index in [1.807, 2.05) is 45.2 Å². The zero-order valence-electron chi connectivity index (χ0n) is 9.74. The van der Waals surface area contributed by atoms with E-state index in [-0.39, 0.29) is 0 Å². The number of pyridine rings is 1.